The van der Waals surface area contributed by atoms with Gasteiger partial charge in [-0.15, -0.1) is 0 Å². The van der Waals surface area contributed by atoms with Gasteiger partial charge in [0.1, 0.15) is 0 Å². The van der Waals surface area contributed by atoms with Crippen molar-refractivity contribution >= 4 is 21.5 Å². The van der Waals surface area contributed by atoms with Crippen molar-refractivity contribution in [2.45, 2.75) is 10.3 Å². The number of para-hydroxylation sites is 1. The Kier molecular flexibility index (Phi) is 3.74. The molecule has 1 aromatic carbocycles. The van der Waals surface area contributed by atoms with E-state index in [0.29, 0.717) is 6.54 Å². The van der Waals surface area contributed by atoms with Crippen LogP contribution in [0.25, 0.3) is 0 Å². The minimum Gasteiger partial charge on any atom is -0.478 e. The van der Waals surface area contributed by atoms with E-state index in [-0.39, 0.29) is 29.3 Å². The van der Waals surface area contributed by atoms with Gasteiger partial charge in [0.2, 0.25) is 9.84 Å². The fraction of sp³-hybridized carbons (Fsp3) is 0.364. The highest BCUT2D eigenvalue weighted by Gasteiger charge is 2.32. The average Bonchev–Trinajstić information content (AvgIpc) is 2.39. The molecule has 0 aliphatic carbocycles. The standard InChI is InChI=1S/C11H14N2O5S/c12-10-7(11(14)15)2-1-3-8(10)19(16,17)9-6-13-4-5-18-9/h1-3,9,13H,4-6,12H2,(H,14,15). The van der Waals surface area contributed by atoms with Crippen molar-refractivity contribution in [2.24, 2.45) is 0 Å². The number of aromatic carboxylic acids is 1. The van der Waals surface area contributed by atoms with Crippen molar-refractivity contribution in [1.82, 2.24) is 5.32 Å². The lowest BCUT2D eigenvalue weighted by molar-refractivity contribution is 0.0697. The first-order valence-corrected chi connectivity index (χ1v) is 7.17. The summed E-state index contributed by atoms with van der Waals surface area (Å²) >= 11 is 0. The van der Waals surface area contributed by atoms with Crippen LogP contribution < -0.4 is 11.1 Å². The lowest BCUT2D eigenvalue weighted by atomic mass is 10.2. The smallest absolute Gasteiger partial charge is 0.337 e. The molecule has 19 heavy (non-hydrogen) atoms. The second-order valence-electron chi connectivity index (χ2n) is 4.07. The topological polar surface area (TPSA) is 119 Å². The number of carboxylic acids is 1. The number of sulfone groups is 1. The summed E-state index contributed by atoms with van der Waals surface area (Å²) in [5.41, 5.74) is 4.10. The van der Waals surface area contributed by atoms with E-state index in [9.17, 15) is 13.2 Å². The number of nitrogens with two attached hydrogens (primary N) is 1. The number of benzene rings is 1. The molecule has 0 bridgehead atoms. The molecule has 0 amide bonds. The van der Waals surface area contributed by atoms with E-state index in [2.05, 4.69) is 5.32 Å². The Morgan fingerprint density at radius 1 is 1.47 bits per heavy atom. The number of carboxylic acid groups (broad SMARTS) is 1. The molecule has 0 saturated carbocycles. The summed E-state index contributed by atoms with van der Waals surface area (Å²) in [6.45, 7) is 1.01. The lowest BCUT2D eigenvalue weighted by Crippen LogP contribution is -2.43. The largest absolute Gasteiger partial charge is 0.478 e. The first-order chi connectivity index (χ1) is 8.94. The predicted molar refractivity (Wildman–Crippen MR) is 67.6 cm³/mol. The highest BCUT2D eigenvalue weighted by molar-refractivity contribution is 7.92. The van der Waals surface area contributed by atoms with E-state index in [4.69, 9.17) is 15.6 Å². The molecule has 2 rings (SSSR count). The van der Waals surface area contributed by atoms with E-state index < -0.39 is 21.2 Å². The second kappa shape index (κ2) is 5.16. The van der Waals surface area contributed by atoms with E-state index in [0.717, 1.165) is 0 Å². The van der Waals surface area contributed by atoms with Gasteiger partial charge in [-0.3, -0.25) is 0 Å². The molecule has 4 N–H and O–H groups in total. The maximum atomic E-state index is 12.3. The summed E-state index contributed by atoms with van der Waals surface area (Å²) in [6.07, 6.45) is 0. The fourth-order valence-electron chi connectivity index (χ4n) is 1.86. The van der Waals surface area contributed by atoms with Gasteiger partial charge in [-0.25, -0.2) is 13.2 Å². The highest BCUT2D eigenvalue weighted by atomic mass is 32.2. The highest BCUT2D eigenvalue weighted by Crippen LogP contribution is 2.26. The number of carbonyl (C=O) groups is 1. The van der Waals surface area contributed by atoms with Crippen LogP contribution in [-0.4, -0.2) is 44.6 Å². The molecule has 0 aromatic heterocycles. The molecular weight excluding hydrogens is 272 g/mol. The molecular formula is C11H14N2O5S. The zero-order valence-electron chi connectivity index (χ0n) is 10.00. The van der Waals surface area contributed by atoms with Gasteiger partial charge in [-0.1, -0.05) is 6.07 Å². The van der Waals surface area contributed by atoms with E-state index in [1.165, 1.54) is 18.2 Å². The minimum atomic E-state index is -3.82. The first kappa shape index (κ1) is 13.8. The normalized spacial score (nSPS) is 20.1. The molecule has 0 radical (unpaired) electrons. The lowest BCUT2D eigenvalue weighted by Gasteiger charge is -2.24. The minimum absolute atomic E-state index is 0.152. The van der Waals surface area contributed by atoms with Crippen LogP contribution >= 0.6 is 0 Å². The van der Waals surface area contributed by atoms with Gasteiger partial charge in [0.05, 0.1) is 22.8 Å². The predicted octanol–water partition coefficient (Wildman–Crippen LogP) is -0.313. The molecule has 7 nitrogen and oxygen atoms in total. The number of ether oxygens (including phenoxy) is 1. The van der Waals surface area contributed by atoms with Crippen molar-refractivity contribution in [3.05, 3.63) is 23.8 Å². The van der Waals surface area contributed by atoms with Crippen LogP contribution in [-0.2, 0) is 14.6 Å². The van der Waals surface area contributed by atoms with Crippen LogP contribution in [0.1, 0.15) is 10.4 Å². The van der Waals surface area contributed by atoms with Gasteiger partial charge in [0.25, 0.3) is 0 Å². The van der Waals surface area contributed by atoms with Gasteiger partial charge in [-0.05, 0) is 12.1 Å². The van der Waals surface area contributed by atoms with E-state index in [1.807, 2.05) is 0 Å². The molecule has 0 spiro atoms. The molecule has 1 saturated heterocycles. The van der Waals surface area contributed by atoms with Gasteiger partial charge in [0, 0.05) is 13.1 Å². The Morgan fingerprint density at radius 3 is 2.79 bits per heavy atom. The van der Waals surface area contributed by atoms with Crippen LogP contribution in [0, 0.1) is 0 Å². The molecule has 1 atom stereocenters. The Labute approximate surface area is 110 Å². The number of rotatable bonds is 3. The van der Waals surface area contributed by atoms with Crippen LogP contribution in [0.2, 0.25) is 0 Å². The molecule has 1 aliphatic heterocycles. The number of anilines is 1. The van der Waals surface area contributed by atoms with Crippen molar-refractivity contribution < 1.29 is 23.1 Å². The molecule has 8 heteroatoms. The number of nitrogens with one attached hydrogen (secondary N) is 1. The number of hydrogen-bond acceptors (Lipinski definition) is 6. The van der Waals surface area contributed by atoms with Crippen LogP contribution in [0.5, 0.6) is 0 Å². The molecule has 1 aliphatic rings. The Morgan fingerprint density at radius 2 is 2.21 bits per heavy atom. The maximum absolute atomic E-state index is 12.3. The second-order valence-corrected chi connectivity index (χ2v) is 6.13. The monoisotopic (exact) mass is 286 g/mol. The van der Waals surface area contributed by atoms with Gasteiger partial charge < -0.3 is 20.9 Å². The van der Waals surface area contributed by atoms with Crippen LogP contribution in [0.3, 0.4) is 0 Å². The zero-order chi connectivity index (χ0) is 14.0. The third-order valence-corrected chi connectivity index (χ3v) is 4.81. The summed E-state index contributed by atoms with van der Waals surface area (Å²) in [7, 11) is -3.82. The quantitative estimate of drug-likeness (QED) is 0.652. The molecule has 1 unspecified atom stereocenters. The number of hydrogen-bond donors (Lipinski definition) is 3. The maximum Gasteiger partial charge on any atom is 0.337 e. The summed E-state index contributed by atoms with van der Waals surface area (Å²) in [5, 5.41) is 11.9. The van der Waals surface area contributed by atoms with E-state index in [1.54, 1.807) is 0 Å². The first-order valence-electron chi connectivity index (χ1n) is 5.62. The van der Waals surface area contributed by atoms with Gasteiger partial charge in [0.15, 0.2) is 5.44 Å². The average molecular weight is 286 g/mol. The van der Waals surface area contributed by atoms with Crippen LogP contribution in [0.4, 0.5) is 5.69 Å². The third kappa shape index (κ3) is 2.55. The number of morpholine rings is 1. The summed E-state index contributed by atoms with van der Waals surface area (Å²) < 4.78 is 29.9. The SMILES string of the molecule is Nc1c(C(=O)O)cccc1S(=O)(=O)C1CNCCO1. The van der Waals surface area contributed by atoms with Crippen molar-refractivity contribution in [2.75, 3.05) is 25.4 Å². The molecule has 1 heterocycles. The fourth-order valence-corrected chi connectivity index (χ4v) is 3.44. The molecule has 104 valence electrons. The van der Waals surface area contributed by atoms with Crippen molar-refractivity contribution in [3.8, 4) is 0 Å². The van der Waals surface area contributed by atoms with Crippen LogP contribution in [0.15, 0.2) is 23.1 Å². The van der Waals surface area contributed by atoms with Crippen molar-refractivity contribution in [3.63, 3.8) is 0 Å². The Hall–Kier alpha value is -1.64. The van der Waals surface area contributed by atoms with E-state index >= 15 is 0 Å². The van der Waals surface area contributed by atoms with Gasteiger partial charge >= 0.3 is 5.97 Å². The van der Waals surface area contributed by atoms with Crippen molar-refractivity contribution in [1.29, 1.82) is 0 Å². The summed E-state index contributed by atoms with van der Waals surface area (Å²) in [5.74, 6) is -1.27. The van der Waals surface area contributed by atoms with Gasteiger partial charge in [-0.2, -0.15) is 0 Å². The molecule has 1 fully saturated rings. The summed E-state index contributed by atoms with van der Waals surface area (Å²) in [4.78, 5) is 10.8. The summed E-state index contributed by atoms with van der Waals surface area (Å²) in [6, 6.07) is 3.90. The third-order valence-electron chi connectivity index (χ3n) is 2.84. The number of nitrogen functional groups attached to an aromatic ring is 1. The Bertz CT molecular complexity index is 593. The molecule has 1 aromatic rings. The Balaban J connectivity index is 2.46. The zero-order valence-corrected chi connectivity index (χ0v) is 10.8.